The van der Waals surface area contributed by atoms with Crippen molar-refractivity contribution in [2.24, 2.45) is 0 Å². The summed E-state index contributed by atoms with van der Waals surface area (Å²) in [5.41, 5.74) is 7.49. The van der Waals surface area contributed by atoms with E-state index in [-0.39, 0.29) is 17.6 Å². The van der Waals surface area contributed by atoms with Crippen LogP contribution in [0.4, 0.5) is 5.82 Å². The summed E-state index contributed by atoms with van der Waals surface area (Å²) in [5, 5.41) is 10.9. The fraction of sp³-hybridized carbons (Fsp3) is 0.200. The molecule has 2 unspecified atom stereocenters. The molecule has 2 atom stereocenters. The van der Waals surface area contributed by atoms with Crippen LogP contribution in [-0.2, 0) is 0 Å². The molecule has 0 spiro atoms. The van der Waals surface area contributed by atoms with E-state index in [4.69, 9.17) is 22.1 Å². The van der Waals surface area contributed by atoms with Crippen LogP contribution in [0.15, 0.2) is 28.7 Å². The van der Waals surface area contributed by atoms with Crippen LogP contribution in [0.2, 0.25) is 5.15 Å². The lowest BCUT2D eigenvalue weighted by Crippen LogP contribution is -2.16. The Balaban J connectivity index is 2.05. The summed E-state index contributed by atoms with van der Waals surface area (Å²) >= 11 is 9.16. The van der Waals surface area contributed by atoms with Crippen molar-refractivity contribution >= 4 is 39.6 Å². The molecule has 0 aliphatic carbocycles. The number of pyridine rings is 1. The third-order valence-corrected chi connectivity index (χ3v) is 4.83. The number of halogens is 2. The largest absolute Gasteiger partial charge is 0.493 e. The summed E-state index contributed by atoms with van der Waals surface area (Å²) in [6.07, 6.45) is -0.199. The second-order valence-electron chi connectivity index (χ2n) is 4.97. The Kier molecular flexibility index (Phi) is 4.08. The van der Waals surface area contributed by atoms with Gasteiger partial charge >= 0.3 is 0 Å². The first-order valence-electron chi connectivity index (χ1n) is 6.53. The summed E-state index contributed by atoms with van der Waals surface area (Å²) in [6, 6.07) is 6.84. The summed E-state index contributed by atoms with van der Waals surface area (Å²) < 4.78 is 6.11. The highest BCUT2D eigenvalue weighted by Gasteiger charge is 2.34. The van der Waals surface area contributed by atoms with Crippen LogP contribution in [0.1, 0.15) is 33.5 Å². The Labute approximate surface area is 140 Å². The topological polar surface area (TPSA) is 85.4 Å². The van der Waals surface area contributed by atoms with Gasteiger partial charge in [-0.25, -0.2) is 4.98 Å². The highest BCUT2D eigenvalue weighted by molar-refractivity contribution is 9.10. The number of hydrogen-bond donors (Lipinski definition) is 2. The Morgan fingerprint density at radius 2 is 2.32 bits per heavy atom. The van der Waals surface area contributed by atoms with E-state index >= 15 is 0 Å². The van der Waals surface area contributed by atoms with Crippen molar-refractivity contribution in [1.29, 1.82) is 0 Å². The minimum Gasteiger partial charge on any atom is -0.493 e. The van der Waals surface area contributed by atoms with Gasteiger partial charge in [0.25, 0.3) is 0 Å². The molecular weight excluding hydrogens is 372 g/mol. The van der Waals surface area contributed by atoms with Crippen LogP contribution in [-0.4, -0.2) is 23.0 Å². The van der Waals surface area contributed by atoms with Crippen molar-refractivity contribution in [3.63, 3.8) is 0 Å². The average molecular weight is 384 g/mol. The number of carbonyl (C=O) groups excluding carboxylic acids is 1. The molecule has 0 amide bonds. The second-order valence-corrected chi connectivity index (χ2v) is 6.19. The van der Waals surface area contributed by atoms with Crippen LogP contribution in [0.5, 0.6) is 5.75 Å². The van der Waals surface area contributed by atoms with Crippen molar-refractivity contribution in [2.45, 2.75) is 12.0 Å². The number of aliphatic hydroxyl groups excluding tert-OH is 1. The SMILES string of the molecule is Nc1nc(Cl)c(Br)cc1C(O)C1COc2cccc(C=O)c21. The van der Waals surface area contributed by atoms with Gasteiger partial charge in [-0.1, -0.05) is 23.7 Å². The zero-order chi connectivity index (χ0) is 15.9. The molecule has 0 fully saturated rings. The number of ether oxygens (including phenoxy) is 1. The van der Waals surface area contributed by atoms with Gasteiger partial charge in [0, 0.05) is 16.7 Å². The van der Waals surface area contributed by atoms with Crippen molar-refractivity contribution in [1.82, 2.24) is 4.98 Å². The van der Waals surface area contributed by atoms with E-state index in [0.29, 0.717) is 26.9 Å². The third-order valence-electron chi connectivity index (χ3n) is 3.71. The minimum atomic E-state index is -0.955. The highest BCUT2D eigenvalue weighted by atomic mass is 79.9. The van der Waals surface area contributed by atoms with E-state index in [1.54, 1.807) is 24.3 Å². The van der Waals surface area contributed by atoms with E-state index in [0.717, 1.165) is 6.29 Å². The fourth-order valence-electron chi connectivity index (χ4n) is 2.65. The molecule has 2 aromatic rings. The maximum Gasteiger partial charge on any atom is 0.150 e. The van der Waals surface area contributed by atoms with Gasteiger partial charge < -0.3 is 15.6 Å². The van der Waals surface area contributed by atoms with Crippen molar-refractivity contribution in [3.8, 4) is 5.75 Å². The quantitative estimate of drug-likeness (QED) is 0.628. The number of rotatable bonds is 3. The molecule has 3 rings (SSSR count). The van der Waals surface area contributed by atoms with Crippen LogP contribution in [0.25, 0.3) is 0 Å². The molecule has 1 aliphatic heterocycles. The Hall–Kier alpha value is -1.63. The smallest absolute Gasteiger partial charge is 0.150 e. The number of aliphatic hydroxyl groups is 1. The van der Waals surface area contributed by atoms with Gasteiger partial charge in [0.15, 0.2) is 0 Å². The maximum absolute atomic E-state index is 11.2. The molecule has 1 aromatic heterocycles. The number of nitrogens with zero attached hydrogens (tertiary/aromatic N) is 1. The van der Waals surface area contributed by atoms with E-state index in [9.17, 15) is 9.90 Å². The van der Waals surface area contributed by atoms with Crippen molar-refractivity contribution < 1.29 is 14.6 Å². The molecule has 0 radical (unpaired) electrons. The molecule has 0 saturated carbocycles. The predicted molar refractivity (Wildman–Crippen MR) is 86.4 cm³/mol. The Morgan fingerprint density at radius 1 is 1.55 bits per heavy atom. The molecule has 22 heavy (non-hydrogen) atoms. The number of nitrogens with two attached hydrogens (primary N) is 1. The van der Waals surface area contributed by atoms with Crippen LogP contribution in [0, 0.1) is 0 Å². The van der Waals surface area contributed by atoms with Crippen molar-refractivity contribution in [3.05, 3.63) is 50.6 Å². The van der Waals surface area contributed by atoms with Crippen molar-refractivity contribution in [2.75, 3.05) is 12.3 Å². The number of hydrogen-bond acceptors (Lipinski definition) is 5. The third kappa shape index (κ3) is 2.47. The molecular formula is C15H12BrClN2O3. The lowest BCUT2D eigenvalue weighted by Gasteiger charge is -2.20. The van der Waals surface area contributed by atoms with Gasteiger partial charge in [-0.3, -0.25) is 4.79 Å². The molecule has 7 heteroatoms. The summed E-state index contributed by atoms with van der Waals surface area (Å²) in [6.45, 7) is 0.265. The number of anilines is 1. The number of aldehydes is 1. The summed E-state index contributed by atoms with van der Waals surface area (Å²) in [5.74, 6) is 0.361. The monoisotopic (exact) mass is 382 g/mol. The molecule has 114 valence electrons. The zero-order valence-electron chi connectivity index (χ0n) is 11.3. The first kappa shape index (κ1) is 15.3. The number of aromatic nitrogens is 1. The van der Waals surface area contributed by atoms with Crippen LogP contribution in [0.3, 0.4) is 0 Å². The van der Waals surface area contributed by atoms with Gasteiger partial charge in [-0.15, -0.1) is 0 Å². The number of benzene rings is 1. The molecule has 0 bridgehead atoms. The summed E-state index contributed by atoms with van der Waals surface area (Å²) in [4.78, 5) is 15.2. The normalized spacial score (nSPS) is 17.7. The number of nitrogen functional groups attached to an aromatic ring is 1. The Bertz CT molecular complexity index is 754. The fourth-order valence-corrected chi connectivity index (χ4v) is 3.13. The first-order chi connectivity index (χ1) is 10.5. The molecule has 1 aliphatic rings. The van der Waals surface area contributed by atoms with Gasteiger partial charge in [-0.05, 0) is 28.1 Å². The van der Waals surface area contributed by atoms with Gasteiger partial charge in [0.2, 0.25) is 0 Å². The van der Waals surface area contributed by atoms with Crippen LogP contribution >= 0.6 is 27.5 Å². The minimum absolute atomic E-state index is 0.151. The highest BCUT2D eigenvalue weighted by Crippen LogP contribution is 2.44. The Morgan fingerprint density at radius 3 is 3.05 bits per heavy atom. The van der Waals surface area contributed by atoms with E-state index in [2.05, 4.69) is 20.9 Å². The lowest BCUT2D eigenvalue weighted by molar-refractivity contribution is 0.111. The molecule has 1 aromatic carbocycles. The van der Waals surface area contributed by atoms with E-state index in [1.165, 1.54) is 0 Å². The van der Waals surface area contributed by atoms with E-state index < -0.39 is 12.0 Å². The molecule has 2 heterocycles. The number of fused-ring (bicyclic) bond motifs is 1. The molecule has 5 nitrogen and oxygen atoms in total. The van der Waals surface area contributed by atoms with E-state index in [1.807, 2.05) is 0 Å². The predicted octanol–water partition coefficient (Wildman–Crippen LogP) is 3.10. The standard InChI is InChI=1S/C15H12BrClN2O3/c16-10-4-8(15(18)19-14(10)17)13(21)9-6-22-11-3-1-2-7(5-20)12(9)11/h1-5,9,13,21H,6H2,(H2,18,19). The summed E-state index contributed by atoms with van der Waals surface area (Å²) in [7, 11) is 0. The molecule has 0 saturated heterocycles. The lowest BCUT2D eigenvalue weighted by atomic mass is 9.88. The first-order valence-corrected chi connectivity index (χ1v) is 7.70. The van der Waals surface area contributed by atoms with Gasteiger partial charge in [-0.2, -0.15) is 0 Å². The number of carbonyl (C=O) groups is 1. The van der Waals surface area contributed by atoms with Gasteiger partial charge in [0.1, 0.15) is 23.0 Å². The molecule has 3 N–H and O–H groups in total. The average Bonchev–Trinajstić information content (AvgIpc) is 2.94. The second kappa shape index (κ2) is 5.87. The maximum atomic E-state index is 11.2. The zero-order valence-corrected chi connectivity index (χ0v) is 13.6. The van der Waals surface area contributed by atoms with Crippen LogP contribution < -0.4 is 10.5 Å². The van der Waals surface area contributed by atoms with Gasteiger partial charge in [0.05, 0.1) is 23.1 Å².